The Hall–Kier alpha value is -1.42. The van der Waals surface area contributed by atoms with Crippen molar-refractivity contribution in [2.24, 2.45) is 0 Å². The predicted molar refractivity (Wildman–Crippen MR) is 60.2 cm³/mol. The van der Waals surface area contributed by atoms with E-state index in [1.54, 1.807) is 0 Å². The maximum absolute atomic E-state index is 12.9. The first-order valence-corrected chi connectivity index (χ1v) is 5.72. The van der Waals surface area contributed by atoms with Crippen LogP contribution in [0.3, 0.4) is 0 Å². The lowest BCUT2D eigenvalue weighted by Crippen LogP contribution is -2.40. The van der Waals surface area contributed by atoms with Crippen molar-refractivity contribution >= 4 is 5.97 Å². The van der Waals surface area contributed by atoms with Crippen LogP contribution in [0.4, 0.5) is 4.39 Å². The predicted octanol–water partition coefficient (Wildman–Crippen LogP) is 2.08. The van der Waals surface area contributed by atoms with Crippen molar-refractivity contribution in [1.29, 1.82) is 0 Å². The lowest BCUT2D eigenvalue weighted by atomic mass is 9.69. The number of hydrogen-bond donors (Lipinski definition) is 2. The van der Waals surface area contributed by atoms with Crippen LogP contribution in [0, 0.1) is 5.82 Å². The van der Waals surface area contributed by atoms with E-state index in [2.05, 4.69) is 0 Å². The van der Waals surface area contributed by atoms with Gasteiger partial charge in [0.2, 0.25) is 0 Å². The molecule has 4 heteroatoms. The first kappa shape index (κ1) is 12.0. The van der Waals surface area contributed by atoms with Gasteiger partial charge in [-0.3, -0.25) is 4.79 Å². The van der Waals surface area contributed by atoms with Crippen molar-refractivity contribution in [2.75, 3.05) is 0 Å². The van der Waals surface area contributed by atoms with Gasteiger partial charge in [0.1, 0.15) is 5.82 Å². The maximum Gasteiger partial charge on any atom is 0.314 e. The zero-order valence-corrected chi connectivity index (χ0v) is 9.40. The molecule has 0 saturated heterocycles. The second-order valence-corrected chi connectivity index (χ2v) is 4.63. The van der Waals surface area contributed by atoms with Gasteiger partial charge in [0, 0.05) is 0 Å². The first-order valence-electron chi connectivity index (χ1n) is 5.72. The van der Waals surface area contributed by atoms with Gasteiger partial charge in [-0.25, -0.2) is 4.39 Å². The third kappa shape index (κ3) is 2.17. The molecular weight excluding hydrogens is 223 g/mol. The van der Waals surface area contributed by atoms with Crippen LogP contribution in [0.1, 0.15) is 31.2 Å². The highest BCUT2D eigenvalue weighted by molar-refractivity contribution is 5.81. The second kappa shape index (κ2) is 4.45. The molecule has 17 heavy (non-hydrogen) atoms. The van der Waals surface area contributed by atoms with E-state index in [4.69, 9.17) is 0 Å². The number of carboxylic acids is 1. The van der Waals surface area contributed by atoms with Gasteiger partial charge in [-0.15, -0.1) is 0 Å². The summed E-state index contributed by atoms with van der Waals surface area (Å²) in [7, 11) is 0. The summed E-state index contributed by atoms with van der Waals surface area (Å²) in [4.78, 5) is 11.5. The Morgan fingerprint density at radius 1 is 1.24 bits per heavy atom. The van der Waals surface area contributed by atoms with E-state index in [1.165, 1.54) is 24.3 Å². The molecule has 1 aliphatic carbocycles. The van der Waals surface area contributed by atoms with Gasteiger partial charge in [0.25, 0.3) is 0 Å². The number of aliphatic carboxylic acids is 1. The Labute approximate surface area is 98.9 Å². The molecular formula is C13H15FO3. The minimum absolute atomic E-state index is 0.370. The average molecular weight is 238 g/mol. The van der Waals surface area contributed by atoms with Gasteiger partial charge in [0.05, 0.1) is 11.5 Å². The summed E-state index contributed by atoms with van der Waals surface area (Å²) < 4.78 is 12.9. The molecule has 3 nitrogen and oxygen atoms in total. The monoisotopic (exact) mass is 238 g/mol. The standard InChI is InChI=1S/C13H15FO3/c14-10-3-1-9(2-4-10)13(12(16)17)7-5-11(15)6-8-13/h1-4,11,15H,5-8H2,(H,16,17). The van der Waals surface area contributed by atoms with E-state index in [-0.39, 0.29) is 5.82 Å². The fourth-order valence-electron chi connectivity index (χ4n) is 2.49. The molecule has 2 rings (SSSR count). The number of hydrogen-bond acceptors (Lipinski definition) is 2. The summed E-state index contributed by atoms with van der Waals surface area (Å²) in [5, 5.41) is 18.9. The third-order valence-corrected chi connectivity index (χ3v) is 3.61. The van der Waals surface area contributed by atoms with Crippen LogP contribution in [0.15, 0.2) is 24.3 Å². The molecule has 0 heterocycles. The van der Waals surface area contributed by atoms with Crippen LogP contribution in [-0.4, -0.2) is 22.3 Å². The zero-order valence-electron chi connectivity index (χ0n) is 9.40. The van der Waals surface area contributed by atoms with Crippen LogP contribution in [-0.2, 0) is 10.2 Å². The summed E-state index contributed by atoms with van der Waals surface area (Å²) in [5.41, 5.74) is -0.342. The van der Waals surface area contributed by atoms with Crippen molar-refractivity contribution in [3.63, 3.8) is 0 Å². The molecule has 1 aromatic rings. The molecule has 1 fully saturated rings. The van der Waals surface area contributed by atoms with E-state index in [1.807, 2.05) is 0 Å². The van der Waals surface area contributed by atoms with Crippen molar-refractivity contribution in [3.05, 3.63) is 35.6 Å². The van der Waals surface area contributed by atoms with Crippen molar-refractivity contribution in [3.8, 4) is 0 Å². The second-order valence-electron chi connectivity index (χ2n) is 4.63. The smallest absolute Gasteiger partial charge is 0.314 e. The summed E-state index contributed by atoms with van der Waals surface area (Å²) in [5.74, 6) is -1.26. The fraction of sp³-hybridized carbons (Fsp3) is 0.462. The SMILES string of the molecule is O=C(O)C1(c2ccc(F)cc2)CCC(O)CC1. The summed E-state index contributed by atoms with van der Waals surface area (Å²) in [6, 6.07) is 5.62. The Kier molecular flexibility index (Phi) is 3.15. The number of aliphatic hydroxyl groups excluding tert-OH is 1. The van der Waals surface area contributed by atoms with Gasteiger partial charge >= 0.3 is 5.97 Å². The molecule has 0 aromatic heterocycles. The van der Waals surface area contributed by atoms with Crippen LogP contribution in [0.5, 0.6) is 0 Å². The summed E-state index contributed by atoms with van der Waals surface area (Å²) >= 11 is 0. The highest BCUT2D eigenvalue weighted by Gasteiger charge is 2.43. The normalized spacial score (nSPS) is 28.9. The van der Waals surface area contributed by atoms with Crippen molar-refractivity contribution in [2.45, 2.75) is 37.2 Å². The Bertz CT molecular complexity index is 405. The molecule has 0 amide bonds. The fourth-order valence-corrected chi connectivity index (χ4v) is 2.49. The lowest BCUT2D eigenvalue weighted by Gasteiger charge is -2.35. The molecule has 0 spiro atoms. The van der Waals surface area contributed by atoms with Crippen LogP contribution in [0.2, 0.25) is 0 Å². The minimum Gasteiger partial charge on any atom is -0.481 e. The molecule has 2 N–H and O–H groups in total. The van der Waals surface area contributed by atoms with Gasteiger partial charge < -0.3 is 10.2 Å². The molecule has 1 aliphatic rings. The van der Waals surface area contributed by atoms with Gasteiger partial charge in [-0.05, 0) is 43.4 Å². The average Bonchev–Trinajstić information content (AvgIpc) is 2.31. The highest BCUT2D eigenvalue weighted by atomic mass is 19.1. The quantitative estimate of drug-likeness (QED) is 0.829. The largest absolute Gasteiger partial charge is 0.481 e. The van der Waals surface area contributed by atoms with E-state index < -0.39 is 17.5 Å². The minimum atomic E-state index is -0.965. The number of rotatable bonds is 2. The van der Waals surface area contributed by atoms with Gasteiger partial charge in [0.15, 0.2) is 0 Å². The molecule has 0 bridgehead atoms. The third-order valence-electron chi connectivity index (χ3n) is 3.61. The van der Waals surface area contributed by atoms with E-state index >= 15 is 0 Å². The molecule has 0 radical (unpaired) electrons. The Morgan fingerprint density at radius 3 is 2.24 bits per heavy atom. The summed E-state index contributed by atoms with van der Waals surface area (Å²) in [6.45, 7) is 0. The number of aliphatic hydroxyl groups is 1. The molecule has 1 saturated carbocycles. The van der Waals surface area contributed by atoms with Crippen LogP contribution < -0.4 is 0 Å². The van der Waals surface area contributed by atoms with Gasteiger partial charge in [-0.1, -0.05) is 12.1 Å². The molecule has 1 aromatic carbocycles. The summed E-state index contributed by atoms with van der Waals surface area (Å²) in [6.07, 6.45) is 1.33. The van der Waals surface area contributed by atoms with Crippen LogP contribution in [0.25, 0.3) is 0 Å². The zero-order chi connectivity index (χ0) is 12.5. The van der Waals surface area contributed by atoms with E-state index in [0.29, 0.717) is 31.2 Å². The Morgan fingerprint density at radius 2 is 1.76 bits per heavy atom. The molecule has 0 unspecified atom stereocenters. The van der Waals surface area contributed by atoms with E-state index in [9.17, 15) is 19.4 Å². The highest BCUT2D eigenvalue weighted by Crippen LogP contribution is 2.39. The van der Waals surface area contributed by atoms with Crippen molar-refractivity contribution in [1.82, 2.24) is 0 Å². The first-order chi connectivity index (χ1) is 8.04. The maximum atomic E-state index is 12.9. The van der Waals surface area contributed by atoms with Crippen LogP contribution >= 0.6 is 0 Å². The molecule has 0 atom stereocenters. The van der Waals surface area contributed by atoms with Crippen molar-refractivity contribution < 1.29 is 19.4 Å². The van der Waals surface area contributed by atoms with E-state index in [0.717, 1.165) is 0 Å². The lowest BCUT2D eigenvalue weighted by molar-refractivity contribution is -0.146. The molecule has 92 valence electrons. The Balaban J connectivity index is 2.35. The van der Waals surface area contributed by atoms with Gasteiger partial charge in [-0.2, -0.15) is 0 Å². The topological polar surface area (TPSA) is 57.5 Å². The number of carbonyl (C=O) groups is 1. The number of benzene rings is 1. The molecule has 0 aliphatic heterocycles. The number of carboxylic acid groups (broad SMARTS) is 1. The number of halogens is 1.